The van der Waals surface area contributed by atoms with Gasteiger partial charge in [-0.2, -0.15) is 0 Å². The van der Waals surface area contributed by atoms with Gasteiger partial charge in [0.05, 0.1) is 12.8 Å². The number of aromatic nitrogens is 3. The van der Waals surface area contributed by atoms with Crippen molar-refractivity contribution in [1.29, 1.82) is 0 Å². The molecule has 0 aliphatic rings. The summed E-state index contributed by atoms with van der Waals surface area (Å²) in [6.45, 7) is 0.363. The van der Waals surface area contributed by atoms with Crippen molar-refractivity contribution in [3.63, 3.8) is 0 Å². The molecule has 3 aromatic rings. The van der Waals surface area contributed by atoms with E-state index in [-0.39, 0.29) is 5.91 Å². The van der Waals surface area contributed by atoms with E-state index in [2.05, 4.69) is 15.5 Å². The SMILES string of the molecule is O=C(CCc1ccco1)NCc1nnc2ccccn12. The Labute approximate surface area is 115 Å². The van der Waals surface area contributed by atoms with Gasteiger partial charge in [-0.3, -0.25) is 9.20 Å². The molecule has 0 unspecified atom stereocenters. The van der Waals surface area contributed by atoms with Crippen LogP contribution in [0, 0.1) is 0 Å². The molecule has 1 amide bonds. The van der Waals surface area contributed by atoms with E-state index in [1.165, 1.54) is 0 Å². The summed E-state index contributed by atoms with van der Waals surface area (Å²) in [4.78, 5) is 11.8. The smallest absolute Gasteiger partial charge is 0.220 e. The summed E-state index contributed by atoms with van der Waals surface area (Å²) >= 11 is 0. The Hall–Kier alpha value is -2.63. The lowest BCUT2D eigenvalue weighted by Gasteiger charge is -2.03. The molecule has 0 radical (unpaired) electrons. The highest BCUT2D eigenvalue weighted by Gasteiger charge is 2.07. The number of carbonyl (C=O) groups excluding carboxylic acids is 1. The molecule has 6 heteroatoms. The zero-order valence-corrected chi connectivity index (χ0v) is 10.8. The van der Waals surface area contributed by atoms with Gasteiger partial charge < -0.3 is 9.73 Å². The van der Waals surface area contributed by atoms with Gasteiger partial charge in [0.1, 0.15) is 5.76 Å². The van der Waals surface area contributed by atoms with Gasteiger partial charge in [-0.05, 0) is 24.3 Å². The monoisotopic (exact) mass is 270 g/mol. The van der Waals surface area contributed by atoms with Crippen LogP contribution in [0.4, 0.5) is 0 Å². The molecule has 20 heavy (non-hydrogen) atoms. The molecular formula is C14H14N4O2. The minimum atomic E-state index is -0.0333. The van der Waals surface area contributed by atoms with Crippen LogP contribution in [-0.2, 0) is 17.8 Å². The lowest BCUT2D eigenvalue weighted by atomic mass is 10.2. The molecule has 0 atom stereocenters. The zero-order chi connectivity index (χ0) is 13.8. The largest absolute Gasteiger partial charge is 0.469 e. The van der Waals surface area contributed by atoms with Crippen LogP contribution >= 0.6 is 0 Å². The molecule has 0 aliphatic carbocycles. The fourth-order valence-electron chi connectivity index (χ4n) is 1.97. The minimum Gasteiger partial charge on any atom is -0.469 e. The molecule has 3 heterocycles. The maximum absolute atomic E-state index is 11.8. The van der Waals surface area contributed by atoms with Crippen molar-refractivity contribution in [2.24, 2.45) is 0 Å². The van der Waals surface area contributed by atoms with Crippen molar-refractivity contribution in [3.8, 4) is 0 Å². The number of fused-ring (bicyclic) bond motifs is 1. The Bertz CT molecular complexity index is 703. The standard InChI is InChI=1S/C14H14N4O2/c19-14(7-6-11-4-3-9-20-11)15-10-13-17-16-12-5-1-2-8-18(12)13/h1-5,8-9H,6-7,10H2,(H,15,19). The van der Waals surface area contributed by atoms with Crippen LogP contribution in [0.15, 0.2) is 47.2 Å². The quantitative estimate of drug-likeness (QED) is 0.764. The fourth-order valence-corrected chi connectivity index (χ4v) is 1.97. The average Bonchev–Trinajstić information content (AvgIpc) is 3.12. The molecule has 102 valence electrons. The second-order valence-electron chi connectivity index (χ2n) is 4.40. The van der Waals surface area contributed by atoms with Crippen LogP contribution in [0.25, 0.3) is 5.65 Å². The van der Waals surface area contributed by atoms with Gasteiger partial charge in [0.2, 0.25) is 5.91 Å². The lowest BCUT2D eigenvalue weighted by molar-refractivity contribution is -0.121. The maximum atomic E-state index is 11.8. The third-order valence-corrected chi connectivity index (χ3v) is 3.01. The van der Waals surface area contributed by atoms with E-state index in [0.717, 1.165) is 11.4 Å². The molecule has 0 spiro atoms. The second-order valence-corrected chi connectivity index (χ2v) is 4.40. The Morgan fingerprint density at radius 2 is 2.20 bits per heavy atom. The van der Waals surface area contributed by atoms with Gasteiger partial charge >= 0.3 is 0 Å². The molecule has 1 N–H and O–H groups in total. The Balaban J connectivity index is 1.55. The van der Waals surface area contributed by atoms with Crippen LogP contribution in [-0.4, -0.2) is 20.5 Å². The zero-order valence-electron chi connectivity index (χ0n) is 10.8. The van der Waals surface area contributed by atoms with E-state index in [1.807, 2.05) is 40.9 Å². The summed E-state index contributed by atoms with van der Waals surface area (Å²) in [5, 5.41) is 10.9. The van der Waals surface area contributed by atoms with Crippen molar-refractivity contribution < 1.29 is 9.21 Å². The van der Waals surface area contributed by atoms with Crippen LogP contribution < -0.4 is 5.32 Å². The highest BCUT2D eigenvalue weighted by atomic mass is 16.3. The summed E-state index contributed by atoms with van der Waals surface area (Å²) in [5.41, 5.74) is 0.771. The molecule has 0 aliphatic heterocycles. The van der Waals surface area contributed by atoms with E-state index in [0.29, 0.717) is 25.2 Å². The highest BCUT2D eigenvalue weighted by molar-refractivity contribution is 5.75. The van der Waals surface area contributed by atoms with Crippen LogP contribution in [0.2, 0.25) is 0 Å². The topological polar surface area (TPSA) is 72.4 Å². The predicted octanol–water partition coefficient (Wildman–Crippen LogP) is 1.57. The molecular weight excluding hydrogens is 256 g/mol. The van der Waals surface area contributed by atoms with Crippen LogP contribution in [0.5, 0.6) is 0 Å². The highest BCUT2D eigenvalue weighted by Crippen LogP contribution is 2.04. The summed E-state index contributed by atoms with van der Waals surface area (Å²) < 4.78 is 7.04. The number of pyridine rings is 1. The molecule has 0 bridgehead atoms. The Morgan fingerprint density at radius 3 is 3.05 bits per heavy atom. The number of aryl methyl sites for hydroxylation is 1. The molecule has 6 nitrogen and oxygen atoms in total. The predicted molar refractivity (Wildman–Crippen MR) is 71.9 cm³/mol. The normalized spacial score (nSPS) is 10.8. The Morgan fingerprint density at radius 1 is 1.25 bits per heavy atom. The molecule has 0 saturated heterocycles. The fraction of sp³-hybridized carbons (Fsp3) is 0.214. The van der Waals surface area contributed by atoms with Crippen molar-refractivity contribution in [2.75, 3.05) is 0 Å². The molecule has 0 aromatic carbocycles. The number of nitrogens with one attached hydrogen (secondary N) is 1. The van der Waals surface area contributed by atoms with Gasteiger partial charge in [0, 0.05) is 19.0 Å². The van der Waals surface area contributed by atoms with Crippen molar-refractivity contribution in [2.45, 2.75) is 19.4 Å². The average molecular weight is 270 g/mol. The maximum Gasteiger partial charge on any atom is 0.220 e. The number of hydrogen-bond acceptors (Lipinski definition) is 4. The van der Waals surface area contributed by atoms with Crippen molar-refractivity contribution >= 4 is 11.6 Å². The number of hydrogen-bond donors (Lipinski definition) is 1. The summed E-state index contributed by atoms with van der Waals surface area (Å²) in [6.07, 6.45) is 4.47. The van der Waals surface area contributed by atoms with Gasteiger partial charge in [-0.1, -0.05) is 6.07 Å². The van der Waals surface area contributed by atoms with E-state index >= 15 is 0 Å². The second kappa shape index (κ2) is 5.56. The van der Waals surface area contributed by atoms with Crippen molar-refractivity contribution in [1.82, 2.24) is 19.9 Å². The number of rotatable bonds is 5. The molecule has 3 rings (SSSR count). The summed E-state index contributed by atoms with van der Waals surface area (Å²) in [6, 6.07) is 9.35. The first-order valence-electron chi connectivity index (χ1n) is 6.40. The minimum absolute atomic E-state index is 0.0333. The third-order valence-electron chi connectivity index (χ3n) is 3.01. The van der Waals surface area contributed by atoms with Crippen LogP contribution in [0.1, 0.15) is 18.0 Å². The van der Waals surface area contributed by atoms with E-state index in [1.54, 1.807) is 6.26 Å². The molecule has 0 fully saturated rings. The first kappa shape index (κ1) is 12.4. The third kappa shape index (κ3) is 2.69. The van der Waals surface area contributed by atoms with E-state index in [9.17, 15) is 4.79 Å². The van der Waals surface area contributed by atoms with Gasteiger partial charge in [0.25, 0.3) is 0 Å². The van der Waals surface area contributed by atoms with E-state index in [4.69, 9.17) is 4.42 Å². The van der Waals surface area contributed by atoms with Crippen LogP contribution in [0.3, 0.4) is 0 Å². The lowest BCUT2D eigenvalue weighted by Crippen LogP contribution is -2.24. The summed E-state index contributed by atoms with van der Waals surface area (Å²) in [7, 11) is 0. The summed E-state index contributed by atoms with van der Waals surface area (Å²) in [5.74, 6) is 1.49. The van der Waals surface area contributed by atoms with E-state index < -0.39 is 0 Å². The first-order chi connectivity index (χ1) is 9.83. The van der Waals surface area contributed by atoms with Gasteiger partial charge in [-0.25, -0.2) is 0 Å². The molecule has 3 aromatic heterocycles. The number of amides is 1. The Kier molecular flexibility index (Phi) is 3.45. The number of furan rings is 1. The first-order valence-corrected chi connectivity index (χ1v) is 6.40. The number of nitrogens with zero attached hydrogens (tertiary/aromatic N) is 3. The number of carbonyl (C=O) groups is 1. The van der Waals surface area contributed by atoms with Gasteiger partial charge in [0.15, 0.2) is 11.5 Å². The van der Waals surface area contributed by atoms with Gasteiger partial charge in [-0.15, -0.1) is 10.2 Å². The van der Waals surface area contributed by atoms with Crippen molar-refractivity contribution in [3.05, 3.63) is 54.4 Å². The molecule has 0 saturated carbocycles.